The molecule has 0 radical (unpaired) electrons. The lowest BCUT2D eigenvalue weighted by molar-refractivity contribution is 0.0779. The van der Waals surface area contributed by atoms with Gasteiger partial charge in [-0.1, -0.05) is 53.6 Å². The zero-order valence-corrected chi connectivity index (χ0v) is 30.2. The highest BCUT2D eigenvalue weighted by Crippen LogP contribution is 2.43. The summed E-state index contributed by atoms with van der Waals surface area (Å²) >= 11 is 12.9. The first-order valence-corrected chi connectivity index (χ1v) is 17.6. The molecule has 6 rings (SSSR count). The van der Waals surface area contributed by atoms with Gasteiger partial charge in [-0.05, 0) is 81.1 Å². The first-order valence-electron chi connectivity index (χ1n) is 16.9. The number of hydrogen-bond donors (Lipinski definition) is 1. The molecule has 1 N–H and O–H groups in total. The molecule has 1 amide bonds. The fourth-order valence-electron chi connectivity index (χ4n) is 7.28. The lowest BCUT2D eigenvalue weighted by Gasteiger charge is -2.36. The number of carbonyl (C=O) groups is 1. The summed E-state index contributed by atoms with van der Waals surface area (Å²) in [6.45, 7) is 6.91. The number of aromatic nitrogens is 2. The summed E-state index contributed by atoms with van der Waals surface area (Å²) in [5.41, 5.74) is 3.49. The number of methoxy groups -OCH3 is 3. The van der Waals surface area contributed by atoms with Crippen LogP contribution in [0.3, 0.4) is 0 Å². The number of fused-ring (bicyclic) bond motifs is 1. The van der Waals surface area contributed by atoms with Gasteiger partial charge in [0.05, 0.1) is 42.4 Å². The van der Waals surface area contributed by atoms with Gasteiger partial charge < -0.3 is 33.9 Å². The zero-order chi connectivity index (χ0) is 34.5. The molecule has 1 unspecified atom stereocenters. The van der Waals surface area contributed by atoms with Gasteiger partial charge in [0.2, 0.25) is 11.7 Å². The fraction of sp³-hybridized carbons (Fsp3) is 0.421. The van der Waals surface area contributed by atoms with E-state index in [1.807, 2.05) is 30.0 Å². The van der Waals surface area contributed by atoms with Crippen LogP contribution < -0.4 is 19.5 Å². The normalized spacial score (nSPS) is 18.8. The maximum absolute atomic E-state index is 14.0. The average Bonchev–Trinajstić information content (AvgIpc) is 3.72. The van der Waals surface area contributed by atoms with Crippen LogP contribution in [-0.2, 0) is 12.0 Å². The predicted octanol–water partition coefficient (Wildman–Crippen LogP) is 7.70. The maximum atomic E-state index is 14.0. The minimum absolute atomic E-state index is 0.0754. The quantitative estimate of drug-likeness (QED) is 0.151. The molecule has 2 fully saturated rings. The van der Waals surface area contributed by atoms with Crippen molar-refractivity contribution < 1.29 is 19.0 Å². The van der Waals surface area contributed by atoms with Gasteiger partial charge >= 0.3 is 0 Å². The van der Waals surface area contributed by atoms with Crippen molar-refractivity contribution in [2.24, 2.45) is 0 Å². The highest BCUT2D eigenvalue weighted by molar-refractivity contribution is 6.42. The Morgan fingerprint density at radius 3 is 2.39 bits per heavy atom. The van der Waals surface area contributed by atoms with Crippen LogP contribution in [0.4, 0.5) is 5.95 Å². The Labute approximate surface area is 298 Å². The number of anilines is 1. The first kappa shape index (κ1) is 34.9. The van der Waals surface area contributed by atoms with Crippen molar-refractivity contribution >= 4 is 46.1 Å². The topological polar surface area (TPSA) is 81.1 Å². The Morgan fingerprint density at radius 2 is 1.71 bits per heavy atom. The molecule has 1 aromatic heterocycles. The van der Waals surface area contributed by atoms with Crippen molar-refractivity contribution in [1.29, 1.82) is 0 Å². The van der Waals surface area contributed by atoms with E-state index in [9.17, 15) is 4.79 Å². The van der Waals surface area contributed by atoms with E-state index in [-0.39, 0.29) is 11.3 Å². The molecule has 9 nitrogen and oxygen atoms in total. The average molecular weight is 707 g/mol. The number of piperidine rings is 1. The molecule has 3 aromatic carbocycles. The van der Waals surface area contributed by atoms with Crippen molar-refractivity contribution in [3.05, 3.63) is 87.9 Å². The Bertz CT molecular complexity index is 1790. The maximum Gasteiger partial charge on any atom is 0.254 e. The number of nitrogens with zero attached hydrogens (tertiary/aromatic N) is 4. The van der Waals surface area contributed by atoms with Crippen LogP contribution in [0.5, 0.6) is 17.2 Å². The Hall–Kier alpha value is -3.92. The molecule has 0 bridgehead atoms. The van der Waals surface area contributed by atoms with Crippen LogP contribution >= 0.6 is 23.2 Å². The number of benzene rings is 3. The van der Waals surface area contributed by atoms with Gasteiger partial charge in [-0.15, -0.1) is 0 Å². The van der Waals surface area contributed by atoms with Gasteiger partial charge in [0.15, 0.2) is 11.5 Å². The second kappa shape index (κ2) is 15.3. The molecule has 49 heavy (non-hydrogen) atoms. The summed E-state index contributed by atoms with van der Waals surface area (Å²) < 4.78 is 18.8. The van der Waals surface area contributed by atoms with Gasteiger partial charge in [-0.2, -0.15) is 0 Å². The monoisotopic (exact) mass is 705 g/mol. The van der Waals surface area contributed by atoms with Crippen molar-refractivity contribution in [2.45, 2.75) is 50.6 Å². The van der Waals surface area contributed by atoms with Crippen LogP contribution in [0.1, 0.15) is 48.5 Å². The Kier molecular flexibility index (Phi) is 10.9. The molecule has 11 heteroatoms. The fourth-order valence-corrected chi connectivity index (χ4v) is 7.58. The van der Waals surface area contributed by atoms with E-state index >= 15 is 0 Å². The number of para-hydroxylation sites is 2. The minimum Gasteiger partial charge on any atom is -0.493 e. The van der Waals surface area contributed by atoms with E-state index in [4.69, 9.17) is 42.4 Å². The standard InChI is InChI=1S/C38H45Cl2N5O4/c1-5-6-17-45-32-10-8-7-9-31(32)42-37(45)41-28-13-18-43(19-14-28)20-15-38(27-11-12-29(39)30(40)24-27)16-21-44(25-38)36(46)26-22-33(47-2)35(49-4)34(23-26)48-3/h5-12,22-24,28H,13-21,25H2,1-4H3,(H,41,42)/b6-5+. The number of halogens is 2. The summed E-state index contributed by atoms with van der Waals surface area (Å²) in [7, 11) is 4.66. The third kappa shape index (κ3) is 7.35. The van der Waals surface area contributed by atoms with Gasteiger partial charge in [-0.25, -0.2) is 4.98 Å². The number of ether oxygens (including phenoxy) is 3. The molecular weight excluding hydrogens is 661 g/mol. The molecule has 1 atom stereocenters. The molecule has 2 aliphatic heterocycles. The summed E-state index contributed by atoms with van der Waals surface area (Å²) in [6.07, 6.45) is 8.00. The number of amides is 1. The van der Waals surface area contributed by atoms with Crippen molar-refractivity contribution in [3.63, 3.8) is 0 Å². The highest BCUT2D eigenvalue weighted by atomic mass is 35.5. The van der Waals surface area contributed by atoms with Crippen LogP contribution in [0.2, 0.25) is 10.0 Å². The van der Waals surface area contributed by atoms with Gasteiger partial charge in [0, 0.05) is 49.7 Å². The lowest BCUT2D eigenvalue weighted by Crippen LogP contribution is -2.42. The van der Waals surface area contributed by atoms with E-state index in [0.29, 0.717) is 52.0 Å². The van der Waals surface area contributed by atoms with Crippen LogP contribution in [-0.4, -0.2) is 85.4 Å². The van der Waals surface area contributed by atoms with E-state index in [0.717, 1.165) is 74.4 Å². The second-order valence-corrected chi connectivity index (χ2v) is 13.7. The number of hydrogen-bond acceptors (Lipinski definition) is 7. The molecule has 0 aliphatic carbocycles. The van der Waals surface area contributed by atoms with Gasteiger partial charge in [0.25, 0.3) is 5.91 Å². The molecule has 260 valence electrons. The van der Waals surface area contributed by atoms with Crippen molar-refractivity contribution in [3.8, 4) is 17.2 Å². The number of allylic oxidation sites excluding steroid dienone is 2. The molecule has 4 aromatic rings. The molecule has 2 saturated heterocycles. The van der Waals surface area contributed by atoms with E-state index in [1.54, 1.807) is 33.5 Å². The number of likely N-dealkylation sites (tertiary alicyclic amines) is 2. The number of imidazole rings is 1. The van der Waals surface area contributed by atoms with Crippen LogP contribution in [0, 0.1) is 0 Å². The van der Waals surface area contributed by atoms with E-state index in [1.165, 1.54) is 0 Å². The minimum atomic E-state index is -0.267. The summed E-state index contributed by atoms with van der Waals surface area (Å²) in [6, 6.07) is 18.0. The SMILES string of the molecule is C/C=C/Cn1c(NC2CCN(CCC3(c4ccc(Cl)c(Cl)c4)CCN(C(=O)c4cc(OC)c(OC)c(OC)c4)C3)CC2)nc2ccccc21. The molecule has 2 aliphatic rings. The first-order chi connectivity index (χ1) is 23.8. The van der Waals surface area contributed by atoms with E-state index < -0.39 is 0 Å². The molecular formula is C38H45Cl2N5O4. The zero-order valence-electron chi connectivity index (χ0n) is 28.7. The Balaban J connectivity index is 1.15. The highest BCUT2D eigenvalue weighted by Gasteiger charge is 2.42. The van der Waals surface area contributed by atoms with Crippen molar-refractivity contribution in [2.75, 3.05) is 59.4 Å². The number of nitrogens with one attached hydrogen (secondary N) is 1. The molecule has 0 spiro atoms. The van der Waals surface area contributed by atoms with E-state index in [2.05, 4.69) is 51.2 Å². The largest absolute Gasteiger partial charge is 0.493 e. The summed E-state index contributed by atoms with van der Waals surface area (Å²) in [4.78, 5) is 23.4. The summed E-state index contributed by atoms with van der Waals surface area (Å²) in [5, 5.41) is 4.82. The third-order valence-corrected chi connectivity index (χ3v) is 10.8. The van der Waals surface area contributed by atoms with Gasteiger partial charge in [-0.3, -0.25) is 4.79 Å². The third-order valence-electron chi connectivity index (χ3n) is 10.1. The molecule has 0 saturated carbocycles. The van der Waals surface area contributed by atoms with Crippen LogP contribution in [0.15, 0.2) is 66.7 Å². The van der Waals surface area contributed by atoms with Crippen molar-refractivity contribution in [1.82, 2.24) is 19.4 Å². The second-order valence-electron chi connectivity index (χ2n) is 12.9. The summed E-state index contributed by atoms with van der Waals surface area (Å²) in [5.74, 6) is 2.22. The molecule has 3 heterocycles. The number of carbonyl (C=O) groups excluding carboxylic acids is 1. The predicted molar refractivity (Wildman–Crippen MR) is 197 cm³/mol. The Morgan fingerprint density at radius 1 is 0.980 bits per heavy atom. The number of rotatable bonds is 12. The smallest absolute Gasteiger partial charge is 0.254 e. The van der Waals surface area contributed by atoms with Gasteiger partial charge in [0.1, 0.15) is 0 Å². The van der Waals surface area contributed by atoms with Crippen LogP contribution in [0.25, 0.3) is 11.0 Å². The lowest BCUT2D eigenvalue weighted by atomic mass is 9.76.